The first-order valence-corrected chi connectivity index (χ1v) is 6.71. The second-order valence-electron chi connectivity index (χ2n) is 5.48. The van der Waals surface area contributed by atoms with E-state index in [2.05, 4.69) is 20.9 Å². The normalized spacial score (nSPS) is 18.7. The van der Waals surface area contributed by atoms with Crippen LogP contribution in [0.4, 0.5) is 4.79 Å². The van der Waals surface area contributed by atoms with Crippen molar-refractivity contribution < 1.29 is 9.53 Å². The second kappa shape index (κ2) is 4.53. The van der Waals surface area contributed by atoms with Gasteiger partial charge in [0.1, 0.15) is 5.60 Å². The van der Waals surface area contributed by atoms with Gasteiger partial charge in [0.25, 0.3) is 0 Å². The lowest BCUT2D eigenvalue weighted by atomic mass is 10.2. The highest BCUT2D eigenvalue weighted by Gasteiger charge is 2.34. The lowest BCUT2D eigenvalue weighted by Gasteiger charge is -2.26. The van der Waals surface area contributed by atoms with E-state index in [-0.39, 0.29) is 12.1 Å². The summed E-state index contributed by atoms with van der Waals surface area (Å²) in [6, 6.07) is 1.96. The van der Waals surface area contributed by atoms with Gasteiger partial charge < -0.3 is 4.74 Å². The number of rotatable bonds is 0. The molecule has 0 saturated heterocycles. The van der Waals surface area contributed by atoms with E-state index in [1.54, 1.807) is 11.1 Å². The molecule has 4 nitrogen and oxygen atoms in total. The minimum atomic E-state index is -0.473. The van der Waals surface area contributed by atoms with Gasteiger partial charge in [-0.25, -0.2) is 4.79 Å². The van der Waals surface area contributed by atoms with Crippen LogP contribution in [0.5, 0.6) is 0 Å². The molecule has 1 aliphatic rings. The smallest absolute Gasteiger partial charge is 0.411 e. The summed E-state index contributed by atoms with van der Waals surface area (Å²) in [7, 11) is 0. The maximum Gasteiger partial charge on any atom is 0.411 e. The number of nitrogens with zero attached hydrogens (tertiary/aromatic N) is 2. The first-order valence-electron chi connectivity index (χ1n) is 5.92. The van der Waals surface area contributed by atoms with Crippen molar-refractivity contribution >= 4 is 22.0 Å². The van der Waals surface area contributed by atoms with Crippen molar-refractivity contribution in [2.75, 3.05) is 0 Å². The topological polar surface area (TPSA) is 42.4 Å². The molecule has 0 radical (unpaired) electrons. The monoisotopic (exact) mass is 312 g/mol. The Hall–Kier alpha value is -1.10. The molecule has 5 heteroatoms. The maximum absolute atomic E-state index is 12.1. The zero-order chi connectivity index (χ0) is 13.5. The first-order chi connectivity index (χ1) is 8.28. The molecule has 98 valence electrons. The molecule has 0 aromatic carbocycles. The van der Waals surface area contributed by atoms with Crippen LogP contribution in [0.25, 0.3) is 0 Å². The van der Waals surface area contributed by atoms with Gasteiger partial charge in [0.05, 0.1) is 18.3 Å². The van der Waals surface area contributed by atoms with Crippen LogP contribution in [-0.4, -0.2) is 21.6 Å². The Kier molecular flexibility index (Phi) is 3.36. The largest absolute Gasteiger partial charge is 0.444 e. The molecule has 18 heavy (non-hydrogen) atoms. The minimum Gasteiger partial charge on any atom is -0.444 e. The molecule has 0 unspecified atom stereocenters. The zero-order valence-electron chi connectivity index (χ0n) is 11.0. The molecule has 0 saturated carbocycles. The van der Waals surface area contributed by atoms with Crippen LogP contribution < -0.4 is 0 Å². The highest BCUT2D eigenvalue weighted by molar-refractivity contribution is 9.10. The van der Waals surface area contributed by atoms with Crippen molar-refractivity contribution in [1.82, 2.24) is 9.88 Å². The predicted molar refractivity (Wildman–Crippen MR) is 72.1 cm³/mol. The Morgan fingerprint density at radius 2 is 2.22 bits per heavy atom. The van der Waals surface area contributed by atoms with Gasteiger partial charge in [0, 0.05) is 10.7 Å². The van der Waals surface area contributed by atoms with Crippen LogP contribution in [0.15, 0.2) is 16.7 Å². The maximum atomic E-state index is 12.1. The number of amides is 1. The van der Waals surface area contributed by atoms with Crippen LogP contribution in [0.1, 0.15) is 45.0 Å². The molecular weight excluding hydrogens is 296 g/mol. The van der Waals surface area contributed by atoms with E-state index in [0.717, 1.165) is 15.7 Å². The molecular formula is C13H17BrN2O2. The van der Waals surface area contributed by atoms with Crippen molar-refractivity contribution in [2.24, 2.45) is 0 Å². The van der Waals surface area contributed by atoms with E-state index in [1.807, 2.05) is 33.8 Å². The Labute approximate surface area is 115 Å². The van der Waals surface area contributed by atoms with E-state index < -0.39 is 5.60 Å². The van der Waals surface area contributed by atoms with Gasteiger partial charge in [-0.3, -0.25) is 9.88 Å². The number of pyridine rings is 1. The first kappa shape index (κ1) is 13.3. The van der Waals surface area contributed by atoms with Crippen molar-refractivity contribution in [3.63, 3.8) is 0 Å². The van der Waals surface area contributed by atoms with Crippen LogP contribution >= 0.6 is 15.9 Å². The van der Waals surface area contributed by atoms with Crippen molar-refractivity contribution in [1.29, 1.82) is 0 Å². The average molecular weight is 313 g/mol. The molecule has 0 N–H and O–H groups in total. The van der Waals surface area contributed by atoms with Crippen molar-refractivity contribution in [2.45, 2.75) is 45.9 Å². The number of carbonyl (C=O) groups is 1. The zero-order valence-corrected chi connectivity index (χ0v) is 12.6. The highest BCUT2D eigenvalue weighted by Crippen LogP contribution is 2.33. The molecule has 1 aromatic rings. The second-order valence-corrected chi connectivity index (χ2v) is 6.40. The third kappa shape index (κ3) is 2.66. The number of hydrogen-bond acceptors (Lipinski definition) is 3. The summed E-state index contributed by atoms with van der Waals surface area (Å²) in [5.74, 6) is 0. The summed E-state index contributed by atoms with van der Waals surface area (Å²) in [5.41, 5.74) is 1.55. The van der Waals surface area contributed by atoms with E-state index >= 15 is 0 Å². The Bertz CT molecular complexity index is 482. The van der Waals surface area contributed by atoms with Gasteiger partial charge in [0.2, 0.25) is 0 Å². The number of ether oxygens (including phenoxy) is 1. The van der Waals surface area contributed by atoms with Gasteiger partial charge in [-0.15, -0.1) is 0 Å². The fourth-order valence-electron chi connectivity index (χ4n) is 2.01. The number of halogens is 1. The SMILES string of the molecule is C[C@@H]1c2ncc(Br)cc2CN1C(=O)OC(C)(C)C. The van der Waals surface area contributed by atoms with Gasteiger partial charge in [-0.2, -0.15) is 0 Å². The molecule has 0 fully saturated rings. The summed E-state index contributed by atoms with van der Waals surface area (Å²) >= 11 is 3.39. The van der Waals surface area contributed by atoms with Crippen LogP contribution in [0.3, 0.4) is 0 Å². The summed E-state index contributed by atoms with van der Waals surface area (Å²) in [5, 5.41) is 0. The fourth-order valence-corrected chi connectivity index (χ4v) is 2.38. The van der Waals surface area contributed by atoms with Gasteiger partial charge >= 0.3 is 6.09 Å². The average Bonchev–Trinajstić information content (AvgIpc) is 2.53. The van der Waals surface area contributed by atoms with Crippen LogP contribution in [0.2, 0.25) is 0 Å². The van der Waals surface area contributed by atoms with Crippen LogP contribution in [0, 0.1) is 0 Å². The van der Waals surface area contributed by atoms with Crippen molar-refractivity contribution in [3.8, 4) is 0 Å². The molecule has 2 heterocycles. The summed E-state index contributed by atoms with van der Waals surface area (Å²) in [4.78, 5) is 18.2. The van der Waals surface area contributed by atoms with E-state index in [9.17, 15) is 4.79 Å². The van der Waals surface area contributed by atoms with E-state index in [1.165, 1.54) is 0 Å². The number of hydrogen-bond donors (Lipinski definition) is 0. The fraction of sp³-hybridized carbons (Fsp3) is 0.538. The van der Waals surface area contributed by atoms with E-state index in [0.29, 0.717) is 6.54 Å². The molecule has 1 aromatic heterocycles. The molecule has 0 spiro atoms. The predicted octanol–water partition coefficient (Wildman–Crippen LogP) is 3.66. The lowest BCUT2D eigenvalue weighted by molar-refractivity contribution is 0.0185. The molecule has 2 rings (SSSR count). The minimum absolute atomic E-state index is 0.0389. The Balaban J connectivity index is 2.18. The van der Waals surface area contributed by atoms with Crippen molar-refractivity contribution in [3.05, 3.63) is 28.0 Å². The summed E-state index contributed by atoms with van der Waals surface area (Å²) in [6.07, 6.45) is 1.47. The third-order valence-electron chi connectivity index (χ3n) is 2.80. The number of carbonyl (C=O) groups excluding carboxylic acids is 1. The van der Waals surface area contributed by atoms with Gasteiger partial charge in [-0.05, 0) is 55.3 Å². The number of fused-ring (bicyclic) bond motifs is 1. The molecule has 0 bridgehead atoms. The Morgan fingerprint density at radius 3 is 2.83 bits per heavy atom. The quantitative estimate of drug-likeness (QED) is 0.734. The van der Waals surface area contributed by atoms with Crippen LogP contribution in [-0.2, 0) is 11.3 Å². The molecule has 0 aliphatic carbocycles. The van der Waals surface area contributed by atoms with Gasteiger partial charge in [0.15, 0.2) is 0 Å². The summed E-state index contributed by atoms with van der Waals surface area (Å²) < 4.78 is 6.33. The molecule has 1 aliphatic heterocycles. The van der Waals surface area contributed by atoms with Gasteiger partial charge in [-0.1, -0.05) is 0 Å². The third-order valence-corrected chi connectivity index (χ3v) is 3.23. The molecule has 1 atom stereocenters. The highest BCUT2D eigenvalue weighted by atomic mass is 79.9. The lowest BCUT2D eigenvalue weighted by Crippen LogP contribution is -2.35. The molecule has 1 amide bonds. The Morgan fingerprint density at radius 1 is 1.56 bits per heavy atom. The number of aromatic nitrogens is 1. The summed E-state index contributed by atoms with van der Waals surface area (Å²) in [6.45, 7) is 8.13. The standard InChI is InChI=1S/C13H17BrN2O2/c1-8-11-9(5-10(14)6-15-11)7-16(8)12(17)18-13(2,3)4/h5-6,8H,7H2,1-4H3/t8-/m1/s1. The van der Waals surface area contributed by atoms with E-state index in [4.69, 9.17) is 4.74 Å².